The zero-order valence-corrected chi connectivity index (χ0v) is 11.6. The maximum Gasteiger partial charge on any atom is 0.226 e. The van der Waals surface area contributed by atoms with Crippen LogP contribution in [0.25, 0.3) is 0 Å². The van der Waals surface area contributed by atoms with Gasteiger partial charge in [-0.3, -0.25) is 9.69 Å². The lowest BCUT2D eigenvalue weighted by Crippen LogP contribution is -2.43. The second-order valence-electron chi connectivity index (χ2n) is 5.78. The molecule has 0 unspecified atom stereocenters. The van der Waals surface area contributed by atoms with E-state index in [-0.39, 0.29) is 11.3 Å². The van der Waals surface area contributed by atoms with Crippen molar-refractivity contribution in [1.82, 2.24) is 10.2 Å². The van der Waals surface area contributed by atoms with Gasteiger partial charge in [-0.2, -0.15) is 0 Å². The number of carbonyl (C=O) groups is 1. The lowest BCUT2D eigenvalue weighted by Gasteiger charge is -2.36. The number of amides is 1. The van der Waals surface area contributed by atoms with Crippen LogP contribution in [0.5, 0.6) is 0 Å². The van der Waals surface area contributed by atoms with Crippen molar-refractivity contribution in [2.24, 2.45) is 5.41 Å². The number of hydrogen-bond donors (Lipinski definition) is 1. The molecule has 0 saturated carbocycles. The molecule has 0 aliphatic carbocycles. The summed E-state index contributed by atoms with van der Waals surface area (Å²) in [6.07, 6.45) is 3.93. The topological polar surface area (TPSA) is 45.5 Å². The summed E-state index contributed by atoms with van der Waals surface area (Å²) < 4.78 is 5.75. The summed E-state index contributed by atoms with van der Waals surface area (Å²) in [4.78, 5) is 14.3. The van der Waals surface area contributed by atoms with Crippen LogP contribution in [0.3, 0.4) is 0 Å². The zero-order valence-electron chi connectivity index (χ0n) is 11.6. The number of furan rings is 1. The third kappa shape index (κ3) is 2.41. The first-order valence-corrected chi connectivity index (χ1v) is 7.30. The predicted molar refractivity (Wildman–Crippen MR) is 72.7 cm³/mol. The summed E-state index contributed by atoms with van der Waals surface area (Å²) in [6, 6.07) is 4.14. The van der Waals surface area contributed by atoms with Gasteiger partial charge in [0, 0.05) is 13.0 Å². The van der Waals surface area contributed by atoms with Gasteiger partial charge >= 0.3 is 0 Å². The Bertz CT molecular complexity index is 458. The van der Waals surface area contributed by atoms with E-state index in [0.29, 0.717) is 0 Å². The highest BCUT2D eigenvalue weighted by Gasteiger charge is 2.44. The Labute approximate surface area is 114 Å². The molecule has 2 aliphatic rings. The number of carbonyl (C=O) groups excluding carboxylic acids is 1. The van der Waals surface area contributed by atoms with Crippen molar-refractivity contribution in [2.75, 3.05) is 19.6 Å². The lowest BCUT2D eigenvalue weighted by molar-refractivity contribution is -0.130. The van der Waals surface area contributed by atoms with Crippen LogP contribution >= 0.6 is 0 Å². The molecule has 1 amide bonds. The third-order valence-corrected chi connectivity index (χ3v) is 4.63. The highest BCUT2D eigenvalue weighted by molar-refractivity contribution is 5.84. The first-order valence-electron chi connectivity index (χ1n) is 7.30. The second-order valence-corrected chi connectivity index (χ2v) is 5.78. The van der Waals surface area contributed by atoms with Gasteiger partial charge in [0.15, 0.2) is 0 Å². The van der Waals surface area contributed by atoms with Crippen LogP contribution < -0.4 is 5.32 Å². The largest absolute Gasteiger partial charge is 0.465 e. The molecule has 3 rings (SSSR count). The molecule has 2 saturated heterocycles. The number of piperidine rings is 1. The maximum absolute atomic E-state index is 11.9. The molecule has 4 heteroatoms. The molecule has 0 aromatic carbocycles. The summed E-state index contributed by atoms with van der Waals surface area (Å²) in [5, 5.41) is 2.98. The number of hydrogen-bond acceptors (Lipinski definition) is 3. The van der Waals surface area contributed by atoms with Crippen molar-refractivity contribution < 1.29 is 9.21 Å². The third-order valence-electron chi connectivity index (χ3n) is 4.63. The van der Waals surface area contributed by atoms with E-state index >= 15 is 0 Å². The van der Waals surface area contributed by atoms with Gasteiger partial charge in [0.25, 0.3) is 0 Å². The minimum Gasteiger partial charge on any atom is -0.465 e. The quantitative estimate of drug-likeness (QED) is 0.905. The van der Waals surface area contributed by atoms with Crippen molar-refractivity contribution >= 4 is 5.91 Å². The summed E-state index contributed by atoms with van der Waals surface area (Å²) in [7, 11) is 0. The van der Waals surface area contributed by atoms with E-state index in [0.717, 1.165) is 63.4 Å². The Morgan fingerprint density at radius 3 is 2.58 bits per heavy atom. The van der Waals surface area contributed by atoms with Crippen LogP contribution in [0, 0.1) is 5.41 Å². The highest BCUT2D eigenvalue weighted by atomic mass is 16.3. The molecule has 0 bridgehead atoms. The predicted octanol–water partition coefficient (Wildman–Crippen LogP) is 1.94. The van der Waals surface area contributed by atoms with Crippen molar-refractivity contribution in [3.05, 3.63) is 23.7 Å². The molecule has 3 heterocycles. The fourth-order valence-electron chi connectivity index (χ4n) is 3.25. The van der Waals surface area contributed by atoms with Crippen LogP contribution in [0.15, 0.2) is 16.5 Å². The Hall–Kier alpha value is -1.29. The van der Waals surface area contributed by atoms with Crippen molar-refractivity contribution in [1.29, 1.82) is 0 Å². The normalized spacial score (nSPS) is 22.9. The molecular formula is C15H22N2O2. The first-order chi connectivity index (χ1) is 9.22. The van der Waals surface area contributed by atoms with Gasteiger partial charge in [0.2, 0.25) is 5.91 Å². The molecule has 0 atom stereocenters. The second kappa shape index (κ2) is 5.00. The average Bonchev–Trinajstić information content (AvgIpc) is 3.01. The van der Waals surface area contributed by atoms with Crippen LogP contribution in [0.4, 0.5) is 0 Å². The Balaban J connectivity index is 1.57. The molecule has 1 aromatic rings. The highest BCUT2D eigenvalue weighted by Crippen LogP contribution is 2.38. The smallest absolute Gasteiger partial charge is 0.226 e. The molecule has 2 fully saturated rings. The number of likely N-dealkylation sites (tertiary alicyclic amines) is 1. The molecule has 1 aromatic heterocycles. The number of nitrogens with zero attached hydrogens (tertiary/aromatic N) is 1. The van der Waals surface area contributed by atoms with Crippen LogP contribution in [0.2, 0.25) is 0 Å². The van der Waals surface area contributed by atoms with Crippen LogP contribution in [-0.2, 0) is 17.8 Å². The van der Waals surface area contributed by atoms with Crippen molar-refractivity contribution in [3.63, 3.8) is 0 Å². The Kier molecular flexibility index (Phi) is 3.35. The molecular weight excluding hydrogens is 240 g/mol. The zero-order chi connectivity index (χ0) is 13.3. The molecule has 4 nitrogen and oxygen atoms in total. The van der Waals surface area contributed by atoms with Crippen molar-refractivity contribution in [3.8, 4) is 0 Å². The molecule has 2 aliphatic heterocycles. The fraction of sp³-hybridized carbons (Fsp3) is 0.667. The average molecular weight is 262 g/mol. The Morgan fingerprint density at radius 1 is 1.26 bits per heavy atom. The molecule has 1 spiro atoms. The summed E-state index contributed by atoms with van der Waals surface area (Å²) in [5.74, 6) is 2.38. The molecule has 1 N–H and O–H groups in total. The van der Waals surface area contributed by atoms with E-state index in [9.17, 15) is 4.79 Å². The maximum atomic E-state index is 11.9. The standard InChI is InChI=1S/C15H22N2O2/c1-2-12-3-4-13(19-12)11-17-9-6-15(7-10-17)5-8-16-14(15)18/h3-4H,2,5-11H2,1H3,(H,16,18). The summed E-state index contributed by atoms with van der Waals surface area (Å²) in [5.41, 5.74) is -0.0613. The van der Waals surface area contributed by atoms with Gasteiger partial charge in [0.05, 0.1) is 12.0 Å². The number of nitrogens with one attached hydrogen (secondary N) is 1. The van der Waals surface area contributed by atoms with E-state index in [1.165, 1.54) is 0 Å². The van der Waals surface area contributed by atoms with E-state index in [2.05, 4.69) is 29.3 Å². The minimum atomic E-state index is -0.0613. The molecule has 19 heavy (non-hydrogen) atoms. The van der Waals surface area contributed by atoms with E-state index in [4.69, 9.17) is 4.42 Å². The minimum absolute atomic E-state index is 0.0613. The van der Waals surface area contributed by atoms with Gasteiger partial charge < -0.3 is 9.73 Å². The monoisotopic (exact) mass is 262 g/mol. The number of rotatable bonds is 3. The summed E-state index contributed by atoms with van der Waals surface area (Å²) in [6.45, 7) is 5.83. The molecule has 104 valence electrons. The Morgan fingerprint density at radius 2 is 2.00 bits per heavy atom. The van der Waals surface area contributed by atoms with Gasteiger partial charge in [0.1, 0.15) is 11.5 Å². The first kappa shape index (κ1) is 12.7. The van der Waals surface area contributed by atoms with Gasteiger partial charge in [-0.1, -0.05) is 6.92 Å². The lowest BCUT2D eigenvalue weighted by atomic mass is 9.77. The summed E-state index contributed by atoms with van der Waals surface area (Å²) >= 11 is 0. The van der Waals surface area contributed by atoms with E-state index in [1.54, 1.807) is 0 Å². The van der Waals surface area contributed by atoms with Gasteiger partial charge in [-0.25, -0.2) is 0 Å². The number of aryl methyl sites for hydroxylation is 1. The van der Waals surface area contributed by atoms with Gasteiger partial charge in [-0.15, -0.1) is 0 Å². The van der Waals surface area contributed by atoms with Crippen LogP contribution in [-0.4, -0.2) is 30.4 Å². The fourth-order valence-corrected chi connectivity index (χ4v) is 3.25. The van der Waals surface area contributed by atoms with Gasteiger partial charge in [-0.05, 0) is 44.5 Å². The van der Waals surface area contributed by atoms with Crippen molar-refractivity contribution in [2.45, 2.75) is 39.2 Å². The molecule has 0 radical (unpaired) electrons. The van der Waals surface area contributed by atoms with E-state index < -0.39 is 0 Å². The van der Waals surface area contributed by atoms with E-state index in [1.807, 2.05) is 0 Å². The SMILES string of the molecule is CCc1ccc(CN2CCC3(CCNC3=O)CC2)o1. The van der Waals surface area contributed by atoms with Crippen LogP contribution in [0.1, 0.15) is 37.7 Å².